The molecule has 0 saturated carbocycles. The molecule has 0 atom stereocenters. The Labute approximate surface area is 235 Å². The first kappa shape index (κ1) is 30.2. The first-order valence-corrected chi connectivity index (χ1v) is 14.8. The highest BCUT2D eigenvalue weighted by atomic mass is 14.3. The second-order valence-electron chi connectivity index (χ2n) is 15.5. The van der Waals surface area contributed by atoms with Crippen LogP contribution < -0.4 is 0 Å². The molecule has 0 unspecified atom stereocenters. The van der Waals surface area contributed by atoms with Crippen LogP contribution >= 0.6 is 0 Å². The Morgan fingerprint density at radius 2 is 0.974 bits per heavy atom. The van der Waals surface area contributed by atoms with Gasteiger partial charge in [-0.05, 0) is 84.6 Å². The normalized spacial score (nSPS) is 13.2. The summed E-state index contributed by atoms with van der Waals surface area (Å²) in [5.74, 6) is 0. The van der Waals surface area contributed by atoms with Crippen LogP contribution in [-0.4, -0.2) is 0 Å². The molecule has 3 rings (SSSR count). The van der Waals surface area contributed by atoms with Gasteiger partial charge in [-0.2, -0.15) is 0 Å². The molecule has 3 aromatic rings. The summed E-state index contributed by atoms with van der Waals surface area (Å²) in [6, 6.07) is 21.6. The Kier molecular flexibility index (Phi) is 8.48. The third-order valence-corrected chi connectivity index (χ3v) is 7.90. The van der Waals surface area contributed by atoms with E-state index in [1.807, 2.05) is 0 Å². The van der Waals surface area contributed by atoms with Crippen LogP contribution in [0.3, 0.4) is 0 Å². The minimum atomic E-state index is 0.0364. The summed E-state index contributed by atoms with van der Waals surface area (Å²) in [6.45, 7) is 30.4. The molecule has 3 aromatic carbocycles. The molecule has 0 nitrogen and oxygen atoms in total. The van der Waals surface area contributed by atoms with Crippen LogP contribution in [0.2, 0.25) is 0 Å². The van der Waals surface area contributed by atoms with Crippen LogP contribution in [-0.2, 0) is 28.1 Å². The van der Waals surface area contributed by atoms with Crippen LogP contribution in [0.1, 0.15) is 131 Å². The molecule has 0 fully saturated rings. The molecule has 0 aliphatic rings. The van der Waals surface area contributed by atoms with Crippen LogP contribution in [0, 0.1) is 0 Å². The van der Waals surface area contributed by atoms with E-state index in [0.29, 0.717) is 0 Å². The van der Waals surface area contributed by atoms with Gasteiger partial charge in [0.1, 0.15) is 0 Å². The summed E-state index contributed by atoms with van der Waals surface area (Å²) in [5.41, 5.74) is 13.0. The lowest BCUT2D eigenvalue weighted by molar-refractivity contribution is 0.568. The van der Waals surface area contributed by atoms with Gasteiger partial charge in [0.2, 0.25) is 0 Å². The summed E-state index contributed by atoms with van der Waals surface area (Å²) in [6.07, 6.45) is 3.51. The smallest absolute Gasteiger partial charge is 0.00702 e. The fourth-order valence-corrected chi connectivity index (χ4v) is 5.43. The standard InChI is InChI=1S/C38H54/c1-14-15-17-26-18-16-19-30(29-22-20-27(35(2,3)4)24-32(29)37(8,9)10)34(26)31-23-21-28(36(5,6)7)25-33(31)38(11,12)13/h16,18-25H,14-15,17H2,1-13H3. The molecule has 0 bridgehead atoms. The maximum absolute atomic E-state index is 2.49. The molecule has 0 aromatic heterocycles. The minimum Gasteiger partial charge on any atom is -0.0654 e. The Balaban J connectivity index is 2.46. The lowest BCUT2D eigenvalue weighted by Gasteiger charge is -2.31. The van der Waals surface area contributed by atoms with Crippen LogP contribution in [0.25, 0.3) is 22.3 Å². The largest absolute Gasteiger partial charge is 0.0654 e. The topological polar surface area (TPSA) is 0 Å². The summed E-state index contributed by atoms with van der Waals surface area (Å²) in [7, 11) is 0. The van der Waals surface area contributed by atoms with Gasteiger partial charge < -0.3 is 0 Å². The number of unbranched alkanes of at least 4 members (excludes halogenated alkanes) is 1. The van der Waals surface area contributed by atoms with Crippen molar-refractivity contribution in [1.29, 1.82) is 0 Å². The molecule has 206 valence electrons. The van der Waals surface area contributed by atoms with Crippen molar-refractivity contribution in [3.05, 3.63) is 82.4 Å². The quantitative estimate of drug-likeness (QED) is 0.320. The number of hydrogen-bond donors (Lipinski definition) is 0. The lowest BCUT2D eigenvalue weighted by atomic mass is 9.73. The van der Waals surface area contributed by atoms with E-state index in [0.717, 1.165) is 6.42 Å². The van der Waals surface area contributed by atoms with Gasteiger partial charge in [0.05, 0.1) is 0 Å². The minimum absolute atomic E-state index is 0.0364. The second-order valence-corrected chi connectivity index (χ2v) is 15.5. The number of rotatable bonds is 5. The summed E-state index contributed by atoms with van der Waals surface area (Å²) in [5, 5.41) is 0. The van der Waals surface area contributed by atoms with Crippen LogP contribution in [0.4, 0.5) is 0 Å². The Hall–Kier alpha value is -2.34. The summed E-state index contributed by atoms with van der Waals surface area (Å²) < 4.78 is 0. The maximum atomic E-state index is 2.49. The zero-order valence-corrected chi connectivity index (χ0v) is 26.8. The van der Waals surface area contributed by atoms with Crippen molar-refractivity contribution in [2.75, 3.05) is 0 Å². The zero-order valence-electron chi connectivity index (χ0n) is 26.8. The highest BCUT2D eigenvalue weighted by Gasteiger charge is 2.28. The van der Waals surface area contributed by atoms with E-state index in [9.17, 15) is 0 Å². The van der Waals surface area contributed by atoms with Crippen molar-refractivity contribution in [1.82, 2.24) is 0 Å². The molecular weight excluding hydrogens is 456 g/mol. The summed E-state index contributed by atoms with van der Waals surface area (Å²) in [4.78, 5) is 0. The SMILES string of the molecule is CCCCc1cccc(-c2ccc(C(C)(C)C)cc2C(C)(C)C)c1-c1ccc(C(C)(C)C)cc1C(C)(C)C. The Morgan fingerprint density at radius 1 is 0.500 bits per heavy atom. The van der Waals surface area contributed by atoms with E-state index < -0.39 is 0 Å². The van der Waals surface area contributed by atoms with E-state index in [-0.39, 0.29) is 21.7 Å². The molecule has 0 saturated heterocycles. The molecule has 0 aliphatic heterocycles. The van der Waals surface area contributed by atoms with E-state index in [1.54, 1.807) is 0 Å². The van der Waals surface area contributed by atoms with Gasteiger partial charge in [-0.15, -0.1) is 0 Å². The van der Waals surface area contributed by atoms with E-state index >= 15 is 0 Å². The maximum Gasteiger partial charge on any atom is -0.00702 e. The highest BCUT2D eigenvalue weighted by molar-refractivity contribution is 5.89. The number of hydrogen-bond acceptors (Lipinski definition) is 0. The first-order chi connectivity index (χ1) is 17.4. The fraction of sp³-hybridized carbons (Fsp3) is 0.526. The monoisotopic (exact) mass is 510 g/mol. The number of benzene rings is 3. The lowest BCUT2D eigenvalue weighted by Crippen LogP contribution is -2.18. The van der Waals surface area contributed by atoms with E-state index in [2.05, 4.69) is 145 Å². The zero-order chi connectivity index (χ0) is 28.7. The third-order valence-electron chi connectivity index (χ3n) is 7.90. The fourth-order valence-electron chi connectivity index (χ4n) is 5.43. The van der Waals surface area contributed by atoms with Crippen molar-refractivity contribution >= 4 is 0 Å². The van der Waals surface area contributed by atoms with E-state index in [4.69, 9.17) is 0 Å². The average Bonchev–Trinajstić information content (AvgIpc) is 2.79. The second kappa shape index (κ2) is 10.7. The highest BCUT2D eigenvalue weighted by Crippen LogP contribution is 2.45. The molecular formula is C38H54. The molecule has 0 radical (unpaired) electrons. The molecule has 0 heteroatoms. The van der Waals surface area contributed by atoms with Crippen molar-refractivity contribution in [2.45, 2.75) is 131 Å². The van der Waals surface area contributed by atoms with Crippen molar-refractivity contribution in [3.63, 3.8) is 0 Å². The average molecular weight is 511 g/mol. The first-order valence-electron chi connectivity index (χ1n) is 14.8. The van der Waals surface area contributed by atoms with Gasteiger partial charge in [-0.3, -0.25) is 0 Å². The van der Waals surface area contributed by atoms with Crippen LogP contribution in [0.5, 0.6) is 0 Å². The van der Waals surface area contributed by atoms with E-state index in [1.165, 1.54) is 62.9 Å². The van der Waals surface area contributed by atoms with Crippen molar-refractivity contribution in [3.8, 4) is 22.3 Å². The molecule has 0 N–H and O–H groups in total. The van der Waals surface area contributed by atoms with Gasteiger partial charge in [0.25, 0.3) is 0 Å². The van der Waals surface area contributed by atoms with Gasteiger partial charge in [-0.25, -0.2) is 0 Å². The van der Waals surface area contributed by atoms with Gasteiger partial charge in [0, 0.05) is 0 Å². The Bertz CT molecular complexity index is 1260. The predicted molar refractivity (Wildman–Crippen MR) is 171 cm³/mol. The molecule has 0 amide bonds. The molecule has 0 spiro atoms. The molecule has 38 heavy (non-hydrogen) atoms. The summed E-state index contributed by atoms with van der Waals surface area (Å²) >= 11 is 0. The molecule has 0 heterocycles. The predicted octanol–water partition coefficient (Wildman–Crippen LogP) is 11.6. The molecule has 0 aliphatic carbocycles. The Morgan fingerprint density at radius 3 is 1.42 bits per heavy atom. The van der Waals surface area contributed by atoms with Gasteiger partial charge >= 0.3 is 0 Å². The van der Waals surface area contributed by atoms with Crippen LogP contribution in [0.15, 0.2) is 54.6 Å². The third kappa shape index (κ3) is 6.62. The number of aryl methyl sites for hydroxylation is 1. The van der Waals surface area contributed by atoms with Gasteiger partial charge in [-0.1, -0.05) is 151 Å². The van der Waals surface area contributed by atoms with Gasteiger partial charge in [0.15, 0.2) is 0 Å². The van der Waals surface area contributed by atoms with Crippen molar-refractivity contribution < 1.29 is 0 Å². The van der Waals surface area contributed by atoms with Crippen molar-refractivity contribution in [2.24, 2.45) is 0 Å².